The summed E-state index contributed by atoms with van der Waals surface area (Å²) in [5.74, 6) is 0.438. The number of carbonyl (C=O) groups is 1. The van der Waals surface area contributed by atoms with Gasteiger partial charge < -0.3 is 9.64 Å². The van der Waals surface area contributed by atoms with E-state index in [2.05, 4.69) is 64.8 Å². The highest BCUT2D eigenvalue weighted by atomic mass is 79.9. The topological polar surface area (TPSA) is 45.1 Å². The molecule has 8 heteroatoms. The van der Waals surface area contributed by atoms with Gasteiger partial charge in [0.05, 0.1) is 18.3 Å². The Kier molecular flexibility index (Phi) is 6.09. The van der Waals surface area contributed by atoms with Crippen molar-refractivity contribution in [1.29, 1.82) is 0 Å². The SMILES string of the molecule is COC(=O)[C@H]1N(c2ccc(Br)cc2)C(=Nc2ccc(Br)cc2)N(c2ccc(Br)cc2)C12CC2. The van der Waals surface area contributed by atoms with Gasteiger partial charge in [0.1, 0.15) is 0 Å². The van der Waals surface area contributed by atoms with E-state index in [4.69, 9.17) is 9.73 Å². The second-order valence-electron chi connectivity index (χ2n) is 8.08. The average molecular weight is 634 g/mol. The summed E-state index contributed by atoms with van der Waals surface area (Å²) < 4.78 is 8.27. The van der Waals surface area contributed by atoms with Gasteiger partial charge in [-0.15, -0.1) is 0 Å². The normalized spacial score (nSPS) is 19.9. The van der Waals surface area contributed by atoms with Crippen molar-refractivity contribution in [2.75, 3.05) is 16.9 Å². The third kappa shape index (κ3) is 4.13. The largest absolute Gasteiger partial charge is 0.467 e. The minimum absolute atomic E-state index is 0.265. The second-order valence-corrected chi connectivity index (χ2v) is 10.8. The molecule has 3 aromatic carbocycles. The van der Waals surface area contributed by atoms with E-state index >= 15 is 0 Å². The monoisotopic (exact) mass is 631 g/mol. The molecule has 3 aromatic rings. The van der Waals surface area contributed by atoms with Crippen LogP contribution in [0.1, 0.15) is 12.8 Å². The minimum atomic E-state index is -0.512. The number of anilines is 2. The molecule has 1 aliphatic carbocycles. The molecule has 0 amide bonds. The molecule has 1 heterocycles. The van der Waals surface area contributed by atoms with Gasteiger partial charge >= 0.3 is 5.97 Å². The van der Waals surface area contributed by atoms with Gasteiger partial charge in [-0.1, -0.05) is 47.8 Å². The van der Waals surface area contributed by atoms with Crippen molar-refractivity contribution in [3.05, 3.63) is 86.2 Å². The molecule has 0 radical (unpaired) electrons. The van der Waals surface area contributed by atoms with Gasteiger partial charge in [0.15, 0.2) is 6.04 Å². The van der Waals surface area contributed by atoms with Crippen LogP contribution in [0.15, 0.2) is 91.2 Å². The molecule has 5 rings (SSSR count). The molecule has 1 saturated carbocycles. The molecule has 1 saturated heterocycles. The van der Waals surface area contributed by atoms with Gasteiger partial charge in [-0.3, -0.25) is 4.90 Å². The summed E-state index contributed by atoms with van der Waals surface area (Å²) >= 11 is 10.5. The molecular weight excluding hydrogens is 614 g/mol. The van der Waals surface area contributed by atoms with E-state index in [1.165, 1.54) is 7.11 Å². The Morgan fingerprint density at radius 2 is 1.33 bits per heavy atom. The molecule has 2 fully saturated rings. The quantitative estimate of drug-likeness (QED) is 0.289. The number of guanidine groups is 1. The number of hydrogen-bond donors (Lipinski definition) is 0. The highest BCUT2D eigenvalue weighted by Crippen LogP contribution is 2.54. The van der Waals surface area contributed by atoms with E-state index in [0.29, 0.717) is 5.96 Å². The molecule has 2 aliphatic rings. The van der Waals surface area contributed by atoms with Crippen LogP contribution in [-0.4, -0.2) is 30.6 Å². The van der Waals surface area contributed by atoms with E-state index in [1.807, 2.05) is 65.6 Å². The fourth-order valence-electron chi connectivity index (χ4n) is 4.41. The first-order chi connectivity index (χ1) is 15.9. The van der Waals surface area contributed by atoms with Crippen LogP contribution in [0.2, 0.25) is 0 Å². The summed E-state index contributed by atoms with van der Waals surface area (Å²) in [5, 5.41) is 0. The molecule has 33 heavy (non-hydrogen) atoms. The molecule has 5 nitrogen and oxygen atoms in total. The van der Waals surface area contributed by atoms with Crippen molar-refractivity contribution in [3.8, 4) is 0 Å². The van der Waals surface area contributed by atoms with Crippen LogP contribution in [0.3, 0.4) is 0 Å². The van der Waals surface area contributed by atoms with Gasteiger partial charge in [0, 0.05) is 24.8 Å². The zero-order valence-electron chi connectivity index (χ0n) is 17.7. The molecule has 0 bridgehead atoms. The van der Waals surface area contributed by atoms with E-state index in [9.17, 15) is 4.79 Å². The number of benzene rings is 3. The molecule has 168 valence electrons. The zero-order chi connectivity index (χ0) is 23.2. The van der Waals surface area contributed by atoms with Crippen LogP contribution in [0, 0.1) is 0 Å². The van der Waals surface area contributed by atoms with Crippen molar-refractivity contribution >= 4 is 76.8 Å². The van der Waals surface area contributed by atoms with E-state index in [0.717, 1.165) is 43.3 Å². The van der Waals surface area contributed by atoms with Crippen molar-refractivity contribution in [2.24, 2.45) is 4.99 Å². The van der Waals surface area contributed by atoms with Gasteiger partial charge in [0.25, 0.3) is 0 Å². The van der Waals surface area contributed by atoms with Crippen LogP contribution < -0.4 is 9.80 Å². The van der Waals surface area contributed by atoms with Gasteiger partial charge in [-0.25, -0.2) is 9.79 Å². The zero-order valence-corrected chi connectivity index (χ0v) is 22.5. The number of hydrogen-bond acceptors (Lipinski definition) is 3. The van der Waals surface area contributed by atoms with Gasteiger partial charge in [0.2, 0.25) is 5.96 Å². The first-order valence-corrected chi connectivity index (χ1v) is 12.8. The van der Waals surface area contributed by atoms with Crippen LogP contribution in [0.4, 0.5) is 17.1 Å². The summed E-state index contributed by atoms with van der Waals surface area (Å²) in [6.07, 6.45) is 1.74. The Hall–Kier alpha value is -2.16. The predicted molar refractivity (Wildman–Crippen MR) is 142 cm³/mol. The van der Waals surface area contributed by atoms with Crippen molar-refractivity contribution in [1.82, 2.24) is 0 Å². The van der Waals surface area contributed by atoms with E-state index < -0.39 is 11.6 Å². The Balaban J connectivity index is 1.74. The predicted octanol–water partition coefficient (Wildman–Crippen LogP) is 7.06. The summed E-state index contributed by atoms with van der Waals surface area (Å²) in [5.41, 5.74) is 2.26. The number of methoxy groups -OCH3 is 1. The van der Waals surface area contributed by atoms with Crippen molar-refractivity contribution < 1.29 is 9.53 Å². The number of nitrogens with zero attached hydrogens (tertiary/aromatic N) is 3. The van der Waals surface area contributed by atoms with Crippen molar-refractivity contribution in [2.45, 2.75) is 24.4 Å². The molecule has 1 aliphatic heterocycles. The number of aliphatic imine (C=N–C) groups is 1. The lowest BCUT2D eigenvalue weighted by Gasteiger charge is -2.26. The Bertz CT molecular complexity index is 1210. The molecule has 1 atom stereocenters. The number of ether oxygens (including phenoxy) is 1. The number of carbonyl (C=O) groups excluding carboxylic acids is 1. The molecule has 1 spiro atoms. The molecule has 0 N–H and O–H groups in total. The fourth-order valence-corrected chi connectivity index (χ4v) is 5.20. The third-order valence-corrected chi connectivity index (χ3v) is 7.65. The smallest absolute Gasteiger partial charge is 0.331 e. The maximum atomic E-state index is 13.2. The van der Waals surface area contributed by atoms with Crippen LogP contribution in [0.25, 0.3) is 0 Å². The lowest BCUT2D eigenvalue weighted by molar-refractivity contribution is -0.142. The van der Waals surface area contributed by atoms with Gasteiger partial charge in [-0.2, -0.15) is 0 Å². The Morgan fingerprint density at radius 3 is 1.82 bits per heavy atom. The summed E-state index contributed by atoms with van der Waals surface area (Å²) in [4.78, 5) is 22.5. The van der Waals surface area contributed by atoms with Crippen LogP contribution in [0.5, 0.6) is 0 Å². The lowest BCUT2D eigenvalue weighted by Crippen LogP contribution is -2.46. The third-order valence-electron chi connectivity index (χ3n) is 6.06. The number of esters is 1. The minimum Gasteiger partial charge on any atom is -0.467 e. The summed E-state index contributed by atoms with van der Waals surface area (Å²) in [6.45, 7) is 0. The molecule has 0 aromatic heterocycles. The molecule has 0 unspecified atom stereocenters. The Labute approximate surface area is 217 Å². The lowest BCUT2D eigenvalue weighted by atomic mass is 10.0. The first-order valence-electron chi connectivity index (χ1n) is 10.5. The summed E-state index contributed by atoms with van der Waals surface area (Å²) in [6, 6.07) is 23.4. The fraction of sp³-hybridized carbons (Fsp3) is 0.200. The highest BCUT2D eigenvalue weighted by molar-refractivity contribution is 9.11. The second kappa shape index (κ2) is 8.89. The number of halogens is 3. The maximum Gasteiger partial charge on any atom is 0.331 e. The standard InChI is InChI=1S/C25H20Br3N3O2/c1-33-23(32)22-25(14-15-25)31(21-12-6-18(28)7-13-21)24(29-19-8-2-16(26)3-9-19)30(22)20-10-4-17(27)5-11-20/h2-13,22H,14-15H2,1H3/t22-/m1/s1. The maximum absolute atomic E-state index is 13.2. The van der Waals surface area contributed by atoms with E-state index in [-0.39, 0.29) is 5.97 Å². The van der Waals surface area contributed by atoms with Crippen molar-refractivity contribution in [3.63, 3.8) is 0 Å². The summed E-state index contributed by atoms with van der Waals surface area (Å²) in [7, 11) is 1.45. The van der Waals surface area contributed by atoms with Gasteiger partial charge in [-0.05, 0) is 85.6 Å². The van der Waals surface area contributed by atoms with Crippen LogP contribution in [-0.2, 0) is 9.53 Å². The first kappa shape index (κ1) is 22.6. The van der Waals surface area contributed by atoms with E-state index in [1.54, 1.807) is 0 Å². The molecular formula is C25H20Br3N3O2. The Morgan fingerprint density at radius 1 is 0.848 bits per heavy atom. The van der Waals surface area contributed by atoms with Crippen LogP contribution >= 0.6 is 47.8 Å². The highest BCUT2D eigenvalue weighted by Gasteiger charge is 2.67. The average Bonchev–Trinajstić information content (AvgIpc) is 3.55. The number of rotatable bonds is 4.